The number of hydrogen-bond acceptors (Lipinski definition) is 8. The molecule has 0 radical (unpaired) electrons. The van der Waals surface area contributed by atoms with Gasteiger partial charge in [0, 0.05) is 24.0 Å². The molecule has 12 heteroatoms. The van der Waals surface area contributed by atoms with Gasteiger partial charge >= 0.3 is 5.92 Å². The van der Waals surface area contributed by atoms with Crippen LogP contribution in [0.1, 0.15) is 42.6 Å². The number of pyridine rings is 1. The first-order valence-corrected chi connectivity index (χ1v) is 13.5. The highest BCUT2D eigenvalue weighted by Crippen LogP contribution is 2.54. The largest absolute Gasteiger partial charge is 0.383 e. The molecular formula is C24H26F3N5O3S. The molecule has 192 valence electrons. The summed E-state index contributed by atoms with van der Waals surface area (Å²) >= 11 is 0. The fourth-order valence-corrected chi connectivity index (χ4v) is 5.69. The Morgan fingerprint density at radius 2 is 1.89 bits per heavy atom. The van der Waals surface area contributed by atoms with Gasteiger partial charge in [-0.25, -0.2) is 12.8 Å². The number of aryl methyl sites for hydroxylation is 1. The maximum Gasteiger partial charge on any atom is 0.304 e. The van der Waals surface area contributed by atoms with Crippen molar-refractivity contribution in [2.24, 2.45) is 0 Å². The summed E-state index contributed by atoms with van der Waals surface area (Å²) in [4.78, 5) is 6.42. The van der Waals surface area contributed by atoms with E-state index in [0.717, 1.165) is 6.07 Å². The van der Waals surface area contributed by atoms with Crippen LogP contribution in [0.5, 0.6) is 0 Å². The van der Waals surface area contributed by atoms with Gasteiger partial charge in [0.25, 0.3) is 0 Å². The maximum absolute atomic E-state index is 15.3. The lowest BCUT2D eigenvalue weighted by atomic mass is 9.96. The second kappa shape index (κ2) is 8.55. The highest BCUT2D eigenvalue weighted by molar-refractivity contribution is 7.91. The van der Waals surface area contributed by atoms with Crippen LogP contribution in [-0.2, 0) is 15.8 Å². The van der Waals surface area contributed by atoms with Crippen LogP contribution in [0.3, 0.4) is 0 Å². The van der Waals surface area contributed by atoms with Crippen LogP contribution in [0.2, 0.25) is 0 Å². The van der Waals surface area contributed by atoms with Gasteiger partial charge in [-0.15, -0.1) is 5.10 Å². The summed E-state index contributed by atoms with van der Waals surface area (Å²) < 4.78 is 68.5. The third-order valence-electron chi connectivity index (χ3n) is 6.98. The summed E-state index contributed by atoms with van der Waals surface area (Å²) in [5.74, 6) is -4.39. The third kappa shape index (κ3) is 4.26. The van der Waals surface area contributed by atoms with E-state index in [1.54, 1.807) is 20.0 Å². The van der Waals surface area contributed by atoms with Crippen LogP contribution in [0, 0.1) is 12.7 Å². The number of nitrogens with one attached hydrogen (secondary N) is 1. The van der Waals surface area contributed by atoms with Crippen LogP contribution >= 0.6 is 0 Å². The molecule has 1 atom stereocenters. The van der Waals surface area contributed by atoms with Crippen LogP contribution in [0.4, 0.5) is 24.7 Å². The molecule has 1 aromatic carbocycles. The molecule has 1 aliphatic carbocycles. The van der Waals surface area contributed by atoms with Gasteiger partial charge in [0.05, 0.1) is 46.2 Å². The molecule has 1 aliphatic heterocycles. The summed E-state index contributed by atoms with van der Waals surface area (Å²) in [5, 5.41) is 22.0. The van der Waals surface area contributed by atoms with Crippen molar-refractivity contribution < 1.29 is 26.7 Å². The van der Waals surface area contributed by atoms with E-state index in [4.69, 9.17) is 0 Å². The molecule has 2 aliphatic rings. The predicted octanol–water partition coefficient (Wildman–Crippen LogP) is 3.50. The first kappa shape index (κ1) is 24.7. The number of sulfone groups is 1. The molecule has 0 unspecified atom stereocenters. The molecule has 3 heterocycles. The zero-order chi connectivity index (χ0) is 25.9. The molecule has 2 N–H and O–H groups in total. The topological polar surface area (TPSA) is 108 Å². The van der Waals surface area contributed by atoms with E-state index in [1.807, 2.05) is 11.0 Å². The Kier molecular flexibility index (Phi) is 5.86. The first-order valence-electron chi connectivity index (χ1n) is 11.7. The van der Waals surface area contributed by atoms with Gasteiger partial charge in [-0.05, 0) is 38.8 Å². The standard InChI is InChI=1S/C24H26F3N5O3S/c1-14(17-4-3-5-19(20(17)25)24(26,27)23(33)6-7-23)29-22-18-12-16(13-28-21(18)15(2)30-31-22)32-8-10-36(34,35)11-9-32/h3-5,12-14,33H,6-11H2,1-2H3,(H,29,31)/t14-/m1/s1. The molecule has 1 saturated heterocycles. The van der Waals surface area contributed by atoms with E-state index < -0.39 is 38.8 Å². The minimum Gasteiger partial charge on any atom is -0.383 e. The van der Waals surface area contributed by atoms with Gasteiger partial charge in [0.2, 0.25) is 0 Å². The molecule has 1 saturated carbocycles. The minimum atomic E-state index is -3.70. The van der Waals surface area contributed by atoms with Crippen molar-refractivity contribution in [3.63, 3.8) is 0 Å². The highest BCUT2D eigenvalue weighted by Gasteiger charge is 2.63. The molecule has 2 aromatic heterocycles. The second-order valence-corrected chi connectivity index (χ2v) is 11.8. The highest BCUT2D eigenvalue weighted by atomic mass is 32.2. The molecule has 0 amide bonds. The predicted molar refractivity (Wildman–Crippen MR) is 129 cm³/mol. The van der Waals surface area contributed by atoms with E-state index in [2.05, 4.69) is 20.5 Å². The van der Waals surface area contributed by atoms with E-state index in [-0.39, 0.29) is 29.9 Å². The summed E-state index contributed by atoms with van der Waals surface area (Å²) in [6.45, 7) is 4.04. The molecule has 0 spiro atoms. The number of fused-ring (bicyclic) bond motifs is 1. The minimum absolute atomic E-state index is 0.00250. The van der Waals surface area contributed by atoms with Crippen LogP contribution in [-0.4, -0.2) is 58.9 Å². The normalized spacial score (nSPS) is 19.8. The summed E-state index contributed by atoms with van der Waals surface area (Å²) in [6, 6.07) is 4.80. The molecule has 36 heavy (non-hydrogen) atoms. The number of nitrogens with zero attached hydrogens (tertiary/aromatic N) is 4. The van der Waals surface area contributed by atoms with Gasteiger partial charge in [-0.3, -0.25) is 4.98 Å². The molecule has 3 aromatic rings. The third-order valence-corrected chi connectivity index (χ3v) is 8.58. The number of hydrogen-bond donors (Lipinski definition) is 2. The van der Waals surface area contributed by atoms with E-state index in [0.29, 0.717) is 41.2 Å². The lowest BCUT2D eigenvalue weighted by molar-refractivity contribution is -0.134. The fourth-order valence-electron chi connectivity index (χ4n) is 4.49. The summed E-state index contributed by atoms with van der Waals surface area (Å²) in [6.07, 6.45) is 1.48. The Morgan fingerprint density at radius 3 is 2.56 bits per heavy atom. The van der Waals surface area contributed by atoms with Crippen LogP contribution < -0.4 is 10.2 Å². The maximum atomic E-state index is 15.3. The lowest BCUT2D eigenvalue weighted by Gasteiger charge is -2.28. The Morgan fingerprint density at radius 1 is 1.19 bits per heavy atom. The number of alkyl halides is 2. The Labute approximate surface area is 206 Å². The number of anilines is 2. The number of benzene rings is 1. The smallest absolute Gasteiger partial charge is 0.304 e. The SMILES string of the molecule is Cc1nnc(N[C@H](C)c2cccc(C(F)(F)C3(O)CC3)c2F)c2cc(N3CCS(=O)(=O)CC3)cnc12. The molecule has 0 bridgehead atoms. The molecular weight excluding hydrogens is 495 g/mol. The second-order valence-electron chi connectivity index (χ2n) is 9.54. The average Bonchev–Trinajstić information content (AvgIpc) is 3.60. The van der Waals surface area contributed by atoms with Gasteiger partial charge < -0.3 is 15.3 Å². The van der Waals surface area contributed by atoms with Crippen molar-refractivity contribution in [3.05, 3.63) is 53.1 Å². The fraction of sp³-hybridized carbons (Fsp3) is 0.458. The van der Waals surface area contributed by atoms with Crippen molar-refractivity contribution in [3.8, 4) is 0 Å². The molecule has 8 nitrogen and oxygen atoms in total. The van der Waals surface area contributed by atoms with Gasteiger partial charge in [-0.1, -0.05) is 12.1 Å². The van der Waals surface area contributed by atoms with E-state index in [1.165, 1.54) is 12.1 Å². The summed E-state index contributed by atoms with van der Waals surface area (Å²) in [5.41, 5.74) is -1.20. The zero-order valence-electron chi connectivity index (χ0n) is 19.8. The quantitative estimate of drug-likeness (QED) is 0.508. The van der Waals surface area contributed by atoms with Gasteiger partial charge in [0.15, 0.2) is 15.7 Å². The molecule has 5 rings (SSSR count). The van der Waals surface area contributed by atoms with E-state index in [9.17, 15) is 22.3 Å². The number of halogens is 3. The van der Waals surface area contributed by atoms with Gasteiger partial charge in [0.1, 0.15) is 11.4 Å². The van der Waals surface area contributed by atoms with Crippen LogP contribution in [0.25, 0.3) is 10.9 Å². The Hall–Kier alpha value is -2.99. The monoisotopic (exact) mass is 521 g/mol. The lowest BCUT2D eigenvalue weighted by Crippen LogP contribution is -2.40. The molecule has 2 fully saturated rings. The summed E-state index contributed by atoms with van der Waals surface area (Å²) in [7, 11) is -3.05. The zero-order valence-corrected chi connectivity index (χ0v) is 20.6. The number of rotatable bonds is 6. The van der Waals surface area contributed by atoms with Gasteiger partial charge in [-0.2, -0.15) is 13.9 Å². The van der Waals surface area contributed by atoms with E-state index >= 15 is 4.39 Å². The Balaban J connectivity index is 1.47. The number of aliphatic hydroxyl groups is 1. The van der Waals surface area contributed by atoms with Crippen molar-refractivity contribution in [1.29, 1.82) is 0 Å². The van der Waals surface area contributed by atoms with Crippen molar-refractivity contribution in [2.45, 2.75) is 44.3 Å². The van der Waals surface area contributed by atoms with Crippen molar-refractivity contribution in [2.75, 3.05) is 34.8 Å². The number of aromatic nitrogens is 3. The Bertz CT molecular complexity index is 1430. The van der Waals surface area contributed by atoms with Crippen molar-refractivity contribution in [1.82, 2.24) is 15.2 Å². The first-order chi connectivity index (χ1) is 16.9. The average molecular weight is 522 g/mol. The van der Waals surface area contributed by atoms with Crippen molar-refractivity contribution >= 4 is 32.2 Å². The van der Waals surface area contributed by atoms with Crippen LogP contribution in [0.15, 0.2) is 30.5 Å².